The lowest BCUT2D eigenvalue weighted by Crippen LogP contribution is -2.14. The fourth-order valence-electron chi connectivity index (χ4n) is 1.35. The molecule has 0 fully saturated rings. The molecule has 0 aromatic rings. The summed E-state index contributed by atoms with van der Waals surface area (Å²) < 4.78 is 15.5. The Bertz CT molecular complexity index is 226. The molecule has 0 amide bonds. The van der Waals surface area contributed by atoms with Crippen LogP contribution < -0.4 is 0 Å². The molecule has 0 aromatic heterocycles. The fourth-order valence-corrected chi connectivity index (χ4v) is 1.35. The topological polar surface area (TPSA) is 44.8 Å². The van der Waals surface area contributed by atoms with Gasteiger partial charge in [0.05, 0.1) is 32.3 Å². The molecular weight excluding hydrogens is 232 g/mol. The number of carbonyl (C=O) groups is 1. The van der Waals surface area contributed by atoms with E-state index in [1.807, 2.05) is 19.1 Å². The summed E-state index contributed by atoms with van der Waals surface area (Å²) in [6.07, 6.45) is 7.00. The third kappa shape index (κ3) is 10.3. The van der Waals surface area contributed by atoms with Crippen molar-refractivity contribution in [2.24, 2.45) is 0 Å². The maximum atomic E-state index is 11.2. The third-order valence-corrected chi connectivity index (χ3v) is 2.41. The largest absolute Gasteiger partial charge is 0.465 e. The summed E-state index contributed by atoms with van der Waals surface area (Å²) >= 11 is 0. The minimum atomic E-state index is -0.165. The maximum Gasteiger partial charge on any atom is 0.309 e. The van der Waals surface area contributed by atoms with Crippen LogP contribution in [0.25, 0.3) is 0 Å². The Morgan fingerprint density at radius 1 is 1.17 bits per heavy atom. The average Bonchev–Trinajstić information content (AvgIpc) is 2.39. The van der Waals surface area contributed by atoms with Gasteiger partial charge in [-0.2, -0.15) is 0 Å². The zero-order chi connectivity index (χ0) is 13.6. The lowest BCUT2D eigenvalue weighted by atomic mass is 10.2. The van der Waals surface area contributed by atoms with Crippen molar-refractivity contribution in [3.8, 4) is 0 Å². The van der Waals surface area contributed by atoms with Crippen LogP contribution in [-0.2, 0) is 19.0 Å². The molecule has 0 aliphatic carbocycles. The number of methoxy groups -OCH3 is 1. The summed E-state index contributed by atoms with van der Waals surface area (Å²) in [6.45, 7) is 5.79. The van der Waals surface area contributed by atoms with E-state index in [-0.39, 0.29) is 12.1 Å². The maximum absolute atomic E-state index is 11.2. The molecule has 18 heavy (non-hydrogen) atoms. The van der Waals surface area contributed by atoms with Gasteiger partial charge in [-0.1, -0.05) is 26.0 Å². The standard InChI is InChI=1S/C14H26O4/c1-4-10-18-14(15)9-7-6-8-13(5-2)17-12-11-16-3/h6-7,13H,4-5,8-12H2,1-3H3. The van der Waals surface area contributed by atoms with Crippen LogP contribution in [0.2, 0.25) is 0 Å². The molecule has 0 rings (SSSR count). The van der Waals surface area contributed by atoms with Crippen molar-refractivity contribution in [2.45, 2.75) is 45.6 Å². The normalized spacial score (nSPS) is 12.8. The highest BCUT2D eigenvalue weighted by Crippen LogP contribution is 2.05. The monoisotopic (exact) mass is 258 g/mol. The number of rotatable bonds is 11. The van der Waals surface area contributed by atoms with E-state index in [1.165, 1.54) is 0 Å². The van der Waals surface area contributed by atoms with Gasteiger partial charge in [-0.25, -0.2) is 0 Å². The Kier molecular flexibility index (Phi) is 12.0. The predicted octanol–water partition coefficient (Wildman–Crippen LogP) is 2.72. The van der Waals surface area contributed by atoms with Crippen LogP contribution in [0.1, 0.15) is 39.5 Å². The Hall–Kier alpha value is -0.870. The molecule has 4 nitrogen and oxygen atoms in total. The molecule has 4 heteroatoms. The molecule has 0 N–H and O–H groups in total. The highest BCUT2D eigenvalue weighted by molar-refractivity contribution is 5.71. The predicted molar refractivity (Wildman–Crippen MR) is 71.5 cm³/mol. The number of hydrogen-bond acceptors (Lipinski definition) is 4. The zero-order valence-corrected chi connectivity index (χ0v) is 11.8. The van der Waals surface area contributed by atoms with E-state index < -0.39 is 0 Å². The highest BCUT2D eigenvalue weighted by Gasteiger charge is 2.04. The van der Waals surface area contributed by atoms with Gasteiger partial charge < -0.3 is 14.2 Å². The average molecular weight is 258 g/mol. The van der Waals surface area contributed by atoms with Crippen molar-refractivity contribution in [2.75, 3.05) is 26.9 Å². The molecule has 0 heterocycles. The van der Waals surface area contributed by atoms with Gasteiger partial charge in [-0.05, 0) is 19.3 Å². The molecule has 0 saturated heterocycles. The van der Waals surface area contributed by atoms with E-state index >= 15 is 0 Å². The second-order valence-corrected chi connectivity index (χ2v) is 4.03. The zero-order valence-electron chi connectivity index (χ0n) is 11.8. The molecule has 0 aromatic carbocycles. The van der Waals surface area contributed by atoms with E-state index in [0.29, 0.717) is 26.2 Å². The molecule has 0 radical (unpaired) electrons. The second kappa shape index (κ2) is 12.6. The number of ether oxygens (including phenoxy) is 3. The molecule has 0 aliphatic rings. The third-order valence-electron chi connectivity index (χ3n) is 2.41. The van der Waals surface area contributed by atoms with Gasteiger partial charge in [0.25, 0.3) is 0 Å². The highest BCUT2D eigenvalue weighted by atomic mass is 16.5. The molecule has 1 unspecified atom stereocenters. The van der Waals surface area contributed by atoms with Gasteiger partial charge in [0, 0.05) is 7.11 Å². The van der Waals surface area contributed by atoms with Crippen molar-refractivity contribution in [3.05, 3.63) is 12.2 Å². The number of carbonyl (C=O) groups excluding carboxylic acids is 1. The van der Waals surface area contributed by atoms with E-state index in [2.05, 4.69) is 6.92 Å². The van der Waals surface area contributed by atoms with Crippen molar-refractivity contribution in [1.29, 1.82) is 0 Å². The number of hydrogen-bond donors (Lipinski definition) is 0. The Morgan fingerprint density at radius 3 is 2.56 bits per heavy atom. The molecule has 0 saturated carbocycles. The molecule has 0 aliphatic heterocycles. The first kappa shape index (κ1) is 17.1. The van der Waals surface area contributed by atoms with Crippen LogP contribution in [0.15, 0.2) is 12.2 Å². The molecular formula is C14H26O4. The van der Waals surface area contributed by atoms with Crippen LogP contribution >= 0.6 is 0 Å². The van der Waals surface area contributed by atoms with Gasteiger partial charge in [0.1, 0.15) is 0 Å². The molecule has 0 bridgehead atoms. The van der Waals surface area contributed by atoms with E-state index in [4.69, 9.17) is 14.2 Å². The van der Waals surface area contributed by atoms with Gasteiger partial charge in [-0.15, -0.1) is 0 Å². The SMILES string of the molecule is CCCOC(=O)CC=CCC(CC)OCCOC. The van der Waals surface area contributed by atoms with Gasteiger partial charge in [0.15, 0.2) is 0 Å². The lowest BCUT2D eigenvalue weighted by Gasteiger charge is -2.13. The van der Waals surface area contributed by atoms with Crippen LogP contribution in [0.5, 0.6) is 0 Å². The first-order chi connectivity index (χ1) is 8.74. The van der Waals surface area contributed by atoms with Crippen molar-refractivity contribution >= 4 is 5.97 Å². The summed E-state index contributed by atoms with van der Waals surface area (Å²) in [7, 11) is 1.66. The minimum absolute atomic E-state index is 0.165. The van der Waals surface area contributed by atoms with E-state index in [9.17, 15) is 4.79 Å². The Morgan fingerprint density at radius 2 is 1.94 bits per heavy atom. The van der Waals surface area contributed by atoms with E-state index in [1.54, 1.807) is 7.11 Å². The quantitative estimate of drug-likeness (QED) is 0.325. The lowest BCUT2D eigenvalue weighted by molar-refractivity contribution is -0.142. The summed E-state index contributed by atoms with van der Waals surface area (Å²) in [5, 5.41) is 0. The fraction of sp³-hybridized carbons (Fsp3) is 0.786. The van der Waals surface area contributed by atoms with Crippen molar-refractivity contribution in [1.82, 2.24) is 0 Å². The van der Waals surface area contributed by atoms with Gasteiger partial charge in [-0.3, -0.25) is 4.79 Å². The molecule has 0 spiro atoms. The van der Waals surface area contributed by atoms with Crippen molar-refractivity contribution < 1.29 is 19.0 Å². The van der Waals surface area contributed by atoms with Gasteiger partial charge >= 0.3 is 5.97 Å². The molecule has 106 valence electrons. The second-order valence-electron chi connectivity index (χ2n) is 4.03. The van der Waals surface area contributed by atoms with Crippen molar-refractivity contribution in [3.63, 3.8) is 0 Å². The molecule has 1 atom stereocenters. The summed E-state index contributed by atoms with van der Waals surface area (Å²) in [5.74, 6) is -0.165. The Balaban J connectivity index is 3.66. The van der Waals surface area contributed by atoms with Crippen LogP contribution in [-0.4, -0.2) is 39.0 Å². The van der Waals surface area contributed by atoms with Crippen LogP contribution in [0.4, 0.5) is 0 Å². The summed E-state index contributed by atoms with van der Waals surface area (Å²) in [6, 6.07) is 0. The van der Waals surface area contributed by atoms with E-state index in [0.717, 1.165) is 19.3 Å². The summed E-state index contributed by atoms with van der Waals surface area (Å²) in [5.41, 5.74) is 0. The number of esters is 1. The van der Waals surface area contributed by atoms with Crippen LogP contribution in [0, 0.1) is 0 Å². The van der Waals surface area contributed by atoms with Crippen LogP contribution in [0.3, 0.4) is 0 Å². The smallest absolute Gasteiger partial charge is 0.309 e. The summed E-state index contributed by atoms with van der Waals surface area (Å²) in [4.78, 5) is 11.2. The first-order valence-electron chi connectivity index (χ1n) is 6.65. The first-order valence-corrected chi connectivity index (χ1v) is 6.65. The Labute approximate surface area is 110 Å². The minimum Gasteiger partial charge on any atom is -0.465 e. The van der Waals surface area contributed by atoms with Gasteiger partial charge in [0.2, 0.25) is 0 Å².